The lowest BCUT2D eigenvalue weighted by atomic mass is 10.1. The Morgan fingerprint density at radius 3 is 2.71 bits per heavy atom. The van der Waals surface area contributed by atoms with Gasteiger partial charge in [0.25, 0.3) is 0 Å². The number of aromatic nitrogens is 3. The summed E-state index contributed by atoms with van der Waals surface area (Å²) in [6.07, 6.45) is 3.13. The highest BCUT2D eigenvalue weighted by atomic mass is 32.2. The highest BCUT2D eigenvalue weighted by Crippen LogP contribution is 2.23. The molecule has 2 heterocycles. The number of hydrogen-bond acceptors (Lipinski definition) is 5. The van der Waals surface area contributed by atoms with Crippen molar-refractivity contribution in [2.75, 3.05) is 23.4 Å². The van der Waals surface area contributed by atoms with Crippen LogP contribution >= 0.6 is 11.8 Å². The van der Waals surface area contributed by atoms with Crippen molar-refractivity contribution < 1.29 is 0 Å². The van der Waals surface area contributed by atoms with Crippen LogP contribution in [0.1, 0.15) is 31.7 Å². The first-order valence-electron chi connectivity index (χ1n) is 6.37. The lowest BCUT2D eigenvalue weighted by Gasteiger charge is -2.10. The number of nitrogens with zero attached hydrogens (tertiary/aromatic N) is 3. The first-order valence-corrected chi connectivity index (χ1v) is 7.53. The van der Waals surface area contributed by atoms with E-state index >= 15 is 0 Å². The van der Waals surface area contributed by atoms with Crippen LogP contribution in [0.2, 0.25) is 0 Å². The van der Waals surface area contributed by atoms with Gasteiger partial charge in [-0.15, -0.1) is 5.10 Å². The number of aryl methyl sites for hydroxylation is 2. The number of rotatable bonds is 5. The quantitative estimate of drug-likeness (QED) is 0.870. The minimum atomic E-state index is 0.691. The summed E-state index contributed by atoms with van der Waals surface area (Å²) in [7, 11) is 0. The Hall–Kier alpha value is -0.840. The average molecular weight is 252 g/mol. The van der Waals surface area contributed by atoms with E-state index in [1.165, 1.54) is 17.9 Å². The lowest BCUT2D eigenvalue weighted by Crippen LogP contribution is -2.16. The second-order valence-corrected chi connectivity index (χ2v) is 5.50. The van der Waals surface area contributed by atoms with Gasteiger partial charge in [-0.1, -0.05) is 13.8 Å². The zero-order valence-corrected chi connectivity index (χ0v) is 11.4. The highest BCUT2D eigenvalue weighted by Gasteiger charge is 2.15. The van der Waals surface area contributed by atoms with Gasteiger partial charge in [-0.25, -0.2) is 4.98 Å². The monoisotopic (exact) mass is 252 g/mol. The molecule has 5 heteroatoms. The molecule has 94 valence electrons. The van der Waals surface area contributed by atoms with Gasteiger partial charge in [-0.05, 0) is 36.7 Å². The number of anilines is 1. The summed E-state index contributed by atoms with van der Waals surface area (Å²) >= 11 is 2.03. The molecule has 1 aromatic heterocycles. The topological polar surface area (TPSA) is 50.7 Å². The maximum Gasteiger partial charge on any atom is 0.242 e. The maximum absolute atomic E-state index is 4.53. The van der Waals surface area contributed by atoms with Gasteiger partial charge < -0.3 is 5.32 Å². The van der Waals surface area contributed by atoms with Crippen LogP contribution in [-0.2, 0) is 12.8 Å². The summed E-state index contributed by atoms with van der Waals surface area (Å²) in [5.41, 5.74) is 2.10. The Morgan fingerprint density at radius 2 is 2.06 bits per heavy atom. The molecule has 0 aliphatic carbocycles. The van der Waals surface area contributed by atoms with E-state index in [0.29, 0.717) is 5.95 Å². The molecular weight excluding hydrogens is 232 g/mol. The average Bonchev–Trinajstić information content (AvgIpc) is 2.89. The second-order valence-electron chi connectivity index (χ2n) is 4.35. The van der Waals surface area contributed by atoms with Crippen molar-refractivity contribution >= 4 is 17.7 Å². The zero-order valence-electron chi connectivity index (χ0n) is 10.6. The lowest BCUT2D eigenvalue weighted by molar-refractivity contribution is 0.626. The van der Waals surface area contributed by atoms with Crippen LogP contribution < -0.4 is 5.32 Å². The number of nitrogens with one attached hydrogen (secondary N) is 1. The van der Waals surface area contributed by atoms with Crippen LogP contribution in [0.25, 0.3) is 0 Å². The summed E-state index contributed by atoms with van der Waals surface area (Å²) in [4.78, 5) is 4.53. The molecule has 0 radical (unpaired) electrons. The molecule has 1 aromatic rings. The van der Waals surface area contributed by atoms with Gasteiger partial charge in [0.1, 0.15) is 0 Å². The highest BCUT2D eigenvalue weighted by molar-refractivity contribution is 7.99. The van der Waals surface area contributed by atoms with Crippen LogP contribution in [0, 0.1) is 5.92 Å². The molecule has 0 bridgehead atoms. The molecule has 1 N–H and O–H groups in total. The maximum atomic E-state index is 4.53. The number of thioether (sulfide) groups is 1. The van der Waals surface area contributed by atoms with Crippen molar-refractivity contribution in [2.45, 2.75) is 33.1 Å². The van der Waals surface area contributed by atoms with Gasteiger partial charge in [0, 0.05) is 6.54 Å². The van der Waals surface area contributed by atoms with E-state index in [1.807, 2.05) is 11.8 Å². The van der Waals surface area contributed by atoms with Gasteiger partial charge in [0.05, 0.1) is 11.4 Å². The molecule has 17 heavy (non-hydrogen) atoms. The third-order valence-corrected chi connectivity index (χ3v) is 4.31. The van der Waals surface area contributed by atoms with E-state index in [9.17, 15) is 0 Å². The van der Waals surface area contributed by atoms with E-state index in [2.05, 4.69) is 34.3 Å². The van der Waals surface area contributed by atoms with E-state index in [4.69, 9.17) is 0 Å². The number of hydrogen-bond donors (Lipinski definition) is 1. The molecule has 0 spiro atoms. The second kappa shape index (κ2) is 6.19. The molecule has 0 saturated carbocycles. The van der Waals surface area contributed by atoms with Gasteiger partial charge >= 0.3 is 0 Å². The normalized spacial score (nSPS) is 19.5. The Bertz CT molecular complexity index is 364. The molecule has 0 aromatic carbocycles. The molecule has 1 atom stereocenters. The summed E-state index contributed by atoms with van der Waals surface area (Å²) in [6, 6.07) is 0. The van der Waals surface area contributed by atoms with Crippen molar-refractivity contribution in [1.29, 1.82) is 0 Å². The van der Waals surface area contributed by atoms with Crippen molar-refractivity contribution in [2.24, 2.45) is 5.92 Å². The molecule has 1 saturated heterocycles. The van der Waals surface area contributed by atoms with Gasteiger partial charge in [-0.2, -0.15) is 16.9 Å². The fraction of sp³-hybridized carbons (Fsp3) is 0.750. The molecule has 1 aliphatic rings. The van der Waals surface area contributed by atoms with Gasteiger partial charge in [-0.3, -0.25) is 0 Å². The van der Waals surface area contributed by atoms with Crippen molar-refractivity contribution in [3.05, 3.63) is 11.4 Å². The largest absolute Gasteiger partial charge is 0.353 e. The third-order valence-electron chi connectivity index (χ3n) is 3.08. The van der Waals surface area contributed by atoms with E-state index in [-0.39, 0.29) is 0 Å². The third kappa shape index (κ3) is 3.31. The molecule has 1 fully saturated rings. The summed E-state index contributed by atoms with van der Waals surface area (Å²) < 4.78 is 0. The van der Waals surface area contributed by atoms with Crippen LogP contribution in [0.3, 0.4) is 0 Å². The fourth-order valence-corrected chi connectivity index (χ4v) is 3.28. The van der Waals surface area contributed by atoms with E-state index < -0.39 is 0 Å². The molecule has 0 amide bonds. The molecule has 1 aliphatic heterocycles. The van der Waals surface area contributed by atoms with Crippen LogP contribution in [0.15, 0.2) is 0 Å². The van der Waals surface area contributed by atoms with Crippen molar-refractivity contribution in [1.82, 2.24) is 15.2 Å². The van der Waals surface area contributed by atoms with Gasteiger partial charge in [0.15, 0.2) is 0 Å². The first kappa shape index (κ1) is 12.6. The predicted octanol–water partition coefficient (Wildman–Crippen LogP) is 2.16. The Balaban J connectivity index is 1.95. The summed E-state index contributed by atoms with van der Waals surface area (Å²) in [6.45, 7) is 5.18. The zero-order chi connectivity index (χ0) is 12.1. The summed E-state index contributed by atoms with van der Waals surface area (Å²) in [5, 5.41) is 11.7. The molecule has 1 unspecified atom stereocenters. The Labute approximate surface area is 107 Å². The minimum Gasteiger partial charge on any atom is -0.353 e. The van der Waals surface area contributed by atoms with Crippen LogP contribution in [0.4, 0.5) is 5.95 Å². The van der Waals surface area contributed by atoms with E-state index in [0.717, 1.165) is 36.7 Å². The fourth-order valence-electron chi connectivity index (χ4n) is 1.99. The standard InChI is InChI=1S/C12H20N4S/c1-3-10-11(4-2)15-16-12(14-10)13-7-9-5-6-17-8-9/h9H,3-8H2,1-2H3,(H,13,14,16). The Kier molecular flexibility index (Phi) is 4.59. The van der Waals surface area contributed by atoms with Crippen molar-refractivity contribution in [3.63, 3.8) is 0 Å². The predicted molar refractivity (Wildman–Crippen MR) is 72.5 cm³/mol. The van der Waals surface area contributed by atoms with Gasteiger partial charge in [0.2, 0.25) is 5.95 Å². The summed E-state index contributed by atoms with van der Waals surface area (Å²) in [5.74, 6) is 4.00. The van der Waals surface area contributed by atoms with E-state index in [1.54, 1.807) is 0 Å². The minimum absolute atomic E-state index is 0.691. The van der Waals surface area contributed by atoms with Crippen molar-refractivity contribution in [3.8, 4) is 0 Å². The SMILES string of the molecule is CCc1nnc(NCC2CCSC2)nc1CC. The molecule has 2 rings (SSSR count). The molecular formula is C12H20N4S. The smallest absolute Gasteiger partial charge is 0.242 e. The van der Waals surface area contributed by atoms with Crippen LogP contribution in [-0.4, -0.2) is 33.2 Å². The first-order chi connectivity index (χ1) is 8.33. The molecule has 4 nitrogen and oxygen atoms in total. The Morgan fingerprint density at radius 1 is 1.24 bits per heavy atom. The van der Waals surface area contributed by atoms with Crippen LogP contribution in [0.5, 0.6) is 0 Å².